The van der Waals surface area contributed by atoms with E-state index < -0.39 is 12.6 Å². The molecule has 0 aliphatic rings. The molecule has 0 radical (unpaired) electrons. The standard InChI is InChI=1S/C19H21N5O4/c1-12-9-13(2)24-19(20-12)21-17(22-24)18(26)28-11-16(25)23(3)10-14-7-5-6-8-15(14)27-4/h5-9H,10-11H2,1-4H3. The minimum absolute atomic E-state index is 0.138. The summed E-state index contributed by atoms with van der Waals surface area (Å²) in [6.07, 6.45) is 0. The van der Waals surface area contributed by atoms with Gasteiger partial charge in [-0.15, -0.1) is 5.10 Å². The Kier molecular flexibility index (Phi) is 5.53. The van der Waals surface area contributed by atoms with E-state index >= 15 is 0 Å². The number of aromatic nitrogens is 4. The lowest BCUT2D eigenvalue weighted by molar-refractivity contribution is -0.133. The fourth-order valence-electron chi connectivity index (χ4n) is 2.73. The molecular weight excluding hydrogens is 362 g/mol. The second-order valence-corrected chi connectivity index (χ2v) is 6.32. The van der Waals surface area contributed by atoms with Gasteiger partial charge in [0, 0.05) is 30.5 Å². The maximum atomic E-state index is 12.3. The second kappa shape index (κ2) is 8.03. The number of hydrogen-bond acceptors (Lipinski definition) is 7. The maximum Gasteiger partial charge on any atom is 0.378 e. The fourth-order valence-corrected chi connectivity index (χ4v) is 2.73. The van der Waals surface area contributed by atoms with Crippen molar-refractivity contribution in [3.63, 3.8) is 0 Å². The third kappa shape index (κ3) is 4.08. The summed E-state index contributed by atoms with van der Waals surface area (Å²) < 4.78 is 11.8. The van der Waals surface area contributed by atoms with Gasteiger partial charge in [0.05, 0.1) is 7.11 Å². The molecule has 3 aromatic rings. The molecule has 0 aliphatic carbocycles. The van der Waals surface area contributed by atoms with E-state index in [0.717, 1.165) is 17.0 Å². The Hall–Kier alpha value is -3.49. The molecule has 2 aromatic heterocycles. The molecule has 146 valence electrons. The van der Waals surface area contributed by atoms with Gasteiger partial charge in [-0.2, -0.15) is 4.98 Å². The highest BCUT2D eigenvalue weighted by Crippen LogP contribution is 2.18. The van der Waals surface area contributed by atoms with Crippen LogP contribution in [0.3, 0.4) is 0 Å². The molecule has 0 aliphatic heterocycles. The Labute approximate surface area is 161 Å². The topological polar surface area (TPSA) is 98.9 Å². The first kappa shape index (κ1) is 19.3. The number of para-hydroxylation sites is 1. The molecule has 0 N–H and O–H groups in total. The van der Waals surface area contributed by atoms with Gasteiger partial charge in [-0.05, 0) is 26.0 Å². The molecule has 0 bridgehead atoms. The van der Waals surface area contributed by atoms with Crippen LogP contribution in [0.2, 0.25) is 0 Å². The smallest absolute Gasteiger partial charge is 0.378 e. The molecule has 9 nitrogen and oxygen atoms in total. The van der Waals surface area contributed by atoms with Crippen molar-refractivity contribution >= 4 is 17.7 Å². The van der Waals surface area contributed by atoms with Crippen LogP contribution in [0.15, 0.2) is 30.3 Å². The number of rotatable bonds is 6. The minimum atomic E-state index is -0.776. The van der Waals surface area contributed by atoms with Gasteiger partial charge in [-0.25, -0.2) is 14.3 Å². The minimum Gasteiger partial charge on any atom is -0.496 e. The summed E-state index contributed by atoms with van der Waals surface area (Å²) in [6.45, 7) is 3.58. The SMILES string of the molecule is COc1ccccc1CN(C)C(=O)COC(=O)c1nc2nc(C)cc(C)n2n1. The van der Waals surface area contributed by atoms with Crippen molar-refractivity contribution in [2.45, 2.75) is 20.4 Å². The van der Waals surface area contributed by atoms with Crippen molar-refractivity contribution in [3.8, 4) is 5.75 Å². The van der Waals surface area contributed by atoms with Crippen LogP contribution in [0, 0.1) is 13.8 Å². The Morgan fingerprint density at radius 3 is 2.68 bits per heavy atom. The Bertz CT molecular complexity index is 1030. The lowest BCUT2D eigenvalue weighted by Gasteiger charge is -2.18. The number of carbonyl (C=O) groups excluding carboxylic acids is 2. The van der Waals surface area contributed by atoms with E-state index in [9.17, 15) is 9.59 Å². The van der Waals surface area contributed by atoms with Crippen molar-refractivity contribution < 1.29 is 19.1 Å². The number of benzene rings is 1. The molecule has 3 rings (SSSR count). The highest BCUT2D eigenvalue weighted by atomic mass is 16.5. The molecule has 0 fully saturated rings. The summed E-state index contributed by atoms with van der Waals surface area (Å²) in [7, 11) is 3.20. The van der Waals surface area contributed by atoms with Crippen molar-refractivity contribution in [2.75, 3.05) is 20.8 Å². The molecule has 0 spiro atoms. The zero-order chi connectivity index (χ0) is 20.3. The first-order valence-electron chi connectivity index (χ1n) is 8.63. The van der Waals surface area contributed by atoms with Crippen LogP contribution in [0.4, 0.5) is 0 Å². The fraction of sp³-hybridized carbons (Fsp3) is 0.316. The Balaban J connectivity index is 1.62. The number of amides is 1. The zero-order valence-corrected chi connectivity index (χ0v) is 16.2. The van der Waals surface area contributed by atoms with E-state index in [1.807, 2.05) is 44.2 Å². The predicted molar refractivity (Wildman–Crippen MR) is 100 cm³/mol. The van der Waals surface area contributed by atoms with Gasteiger partial charge in [0.15, 0.2) is 6.61 Å². The van der Waals surface area contributed by atoms with E-state index in [2.05, 4.69) is 15.1 Å². The Morgan fingerprint density at radius 2 is 1.93 bits per heavy atom. The van der Waals surface area contributed by atoms with Crippen molar-refractivity contribution in [1.82, 2.24) is 24.5 Å². The number of ether oxygens (including phenoxy) is 2. The van der Waals surface area contributed by atoms with Crippen LogP contribution < -0.4 is 4.74 Å². The van der Waals surface area contributed by atoms with Gasteiger partial charge in [-0.3, -0.25) is 4.79 Å². The number of aryl methyl sites for hydroxylation is 2. The molecule has 9 heteroatoms. The van der Waals surface area contributed by atoms with Gasteiger partial charge in [0.2, 0.25) is 0 Å². The first-order valence-corrected chi connectivity index (χ1v) is 8.63. The predicted octanol–water partition coefficient (Wildman–Crippen LogP) is 1.57. The third-order valence-electron chi connectivity index (χ3n) is 4.15. The second-order valence-electron chi connectivity index (χ2n) is 6.32. The molecule has 1 amide bonds. The molecular formula is C19H21N5O4. The zero-order valence-electron chi connectivity index (χ0n) is 16.2. The van der Waals surface area contributed by atoms with Crippen molar-refractivity contribution in [1.29, 1.82) is 0 Å². The number of esters is 1. The third-order valence-corrected chi connectivity index (χ3v) is 4.15. The summed E-state index contributed by atoms with van der Waals surface area (Å²) in [4.78, 5) is 34.3. The Morgan fingerprint density at radius 1 is 1.18 bits per heavy atom. The van der Waals surface area contributed by atoms with Crippen LogP contribution in [-0.4, -0.2) is 57.1 Å². The van der Waals surface area contributed by atoms with E-state index in [4.69, 9.17) is 9.47 Å². The lowest BCUT2D eigenvalue weighted by Crippen LogP contribution is -2.31. The average molecular weight is 383 g/mol. The molecule has 0 saturated heterocycles. The summed E-state index contributed by atoms with van der Waals surface area (Å²) in [6, 6.07) is 9.23. The molecule has 1 aromatic carbocycles. The summed E-state index contributed by atoms with van der Waals surface area (Å²) in [5.74, 6) is -0.272. The van der Waals surface area contributed by atoms with Gasteiger partial charge in [0.25, 0.3) is 17.5 Å². The molecule has 0 atom stereocenters. The molecule has 2 heterocycles. The molecule has 0 unspecified atom stereocenters. The van der Waals surface area contributed by atoms with Crippen LogP contribution in [0.5, 0.6) is 5.75 Å². The van der Waals surface area contributed by atoms with Crippen LogP contribution >= 0.6 is 0 Å². The van der Waals surface area contributed by atoms with Crippen LogP contribution in [0.1, 0.15) is 27.6 Å². The normalized spacial score (nSPS) is 10.7. The van der Waals surface area contributed by atoms with Crippen LogP contribution in [0.25, 0.3) is 5.78 Å². The van der Waals surface area contributed by atoms with Gasteiger partial charge < -0.3 is 14.4 Å². The highest BCUT2D eigenvalue weighted by molar-refractivity contribution is 5.88. The molecule has 0 saturated carbocycles. The quantitative estimate of drug-likeness (QED) is 0.596. The van der Waals surface area contributed by atoms with Gasteiger partial charge in [0.1, 0.15) is 5.75 Å². The van der Waals surface area contributed by atoms with Crippen LogP contribution in [-0.2, 0) is 16.1 Å². The number of nitrogens with zero attached hydrogens (tertiary/aromatic N) is 5. The summed E-state index contributed by atoms with van der Waals surface area (Å²) in [5, 5.41) is 4.09. The summed E-state index contributed by atoms with van der Waals surface area (Å²) in [5.41, 5.74) is 2.42. The maximum absolute atomic E-state index is 12.3. The monoisotopic (exact) mass is 383 g/mol. The van der Waals surface area contributed by atoms with E-state index in [1.165, 1.54) is 9.42 Å². The van der Waals surface area contributed by atoms with Gasteiger partial charge >= 0.3 is 5.97 Å². The first-order chi connectivity index (χ1) is 13.4. The van der Waals surface area contributed by atoms with E-state index in [-0.39, 0.29) is 11.7 Å². The number of likely N-dealkylation sites (N-methyl/N-ethyl adjacent to an activating group) is 1. The van der Waals surface area contributed by atoms with Gasteiger partial charge in [-0.1, -0.05) is 18.2 Å². The van der Waals surface area contributed by atoms with E-state index in [0.29, 0.717) is 18.1 Å². The number of carbonyl (C=O) groups is 2. The average Bonchev–Trinajstić information content (AvgIpc) is 3.10. The number of fused-ring (bicyclic) bond motifs is 1. The number of methoxy groups -OCH3 is 1. The summed E-state index contributed by atoms with van der Waals surface area (Å²) >= 11 is 0. The van der Waals surface area contributed by atoms with E-state index in [1.54, 1.807) is 14.2 Å². The largest absolute Gasteiger partial charge is 0.496 e. The lowest BCUT2D eigenvalue weighted by atomic mass is 10.2. The van der Waals surface area contributed by atoms with Crippen molar-refractivity contribution in [3.05, 3.63) is 53.1 Å². The number of hydrogen-bond donors (Lipinski definition) is 0. The highest BCUT2D eigenvalue weighted by Gasteiger charge is 2.19. The van der Waals surface area contributed by atoms with Crippen molar-refractivity contribution in [2.24, 2.45) is 0 Å². The molecule has 28 heavy (non-hydrogen) atoms.